The van der Waals surface area contributed by atoms with Gasteiger partial charge in [0.2, 0.25) is 5.75 Å². The van der Waals surface area contributed by atoms with E-state index in [4.69, 9.17) is 18.9 Å². The minimum Gasteiger partial charge on any atom is -0.493 e. The van der Waals surface area contributed by atoms with Gasteiger partial charge in [0.1, 0.15) is 0 Å². The van der Waals surface area contributed by atoms with E-state index in [2.05, 4.69) is 6.07 Å². The lowest BCUT2D eigenvalue weighted by molar-refractivity contribution is -0.159. The lowest BCUT2D eigenvalue weighted by Gasteiger charge is -2.30. The van der Waals surface area contributed by atoms with Gasteiger partial charge in [0.05, 0.1) is 21.3 Å². The van der Waals surface area contributed by atoms with E-state index < -0.39 is 12.1 Å². The van der Waals surface area contributed by atoms with Gasteiger partial charge >= 0.3 is 5.97 Å². The van der Waals surface area contributed by atoms with E-state index in [0.29, 0.717) is 36.8 Å². The number of nitrogens with zero attached hydrogens (tertiary/aromatic N) is 1. The minimum absolute atomic E-state index is 0.138. The van der Waals surface area contributed by atoms with Crippen molar-refractivity contribution in [3.8, 4) is 17.2 Å². The highest BCUT2D eigenvalue weighted by atomic mass is 16.5. The molecule has 0 fully saturated rings. The molecule has 0 radical (unpaired) electrons. The normalized spacial score (nSPS) is 13.7. The lowest BCUT2D eigenvalue weighted by Crippen LogP contribution is -2.42. The molecule has 31 heavy (non-hydrogen) atoms. The number of hydrogen-bond donors (Lipinski definition) is 0. The molecule has 0 aliphatic carbocycles. The smallest absolute Gasteiger partial charge is 0.306 e. The van der Waals surface area contributed by atoms with Crippen LogP contribution in [0.25, 0.3) is 0 Å². The molecular weight excluding hydrogens is 398 g/mol. The highest BCUT2D eigenvalue weighted by molar-refractivity contribution is 5.83. The molecule has 7 nitrogen and oxygen atoms in total. The summed E-state index contributed by atoms with van der Waals surface area (Å²) in [6.07, 6.45) is 0.550. The number of methoxy groups -OCH3 is 3. The van der Waals surface area contributed by atoms with E-state index in [-0.39, 0.29) is 12.3 Å². The second-order valence-electron chi connectivity index (χ2n) is 7.44. The number of carbonyl (C=O) groups excluding carboxylic acids is 2. The van der Waals surface area contributed by atoms with E-state index in [1.54, 1.807) is 38.2 Å². The fourth-order valence-electron chi connectivity index (χ4n) is 3.77. The van der Waals surface area contributed by atoms with Crippen molar-refractivity contribution in [2.45, 2.75) is 38.8 Å². The zero-order valence-corrected chi connectivity index (χ0v) is 18.5. The SMILES string of the molecule is COc1cc(CCC(=O)O[C@@H](C)C(=O)N2CCc3ccccc3C2)cc(OC)c1OC. The number of ether oxygens (including phenoxy) is 4. The molecule has 3 rings (SSSR count). The van der Waals surface area contributed by atoms with Gasteiger partial charge in [-0.1, -0.05) is 24.3 Å². The van der Waals surface area contributed by atoms with Crippen LogP contribution < -0.4 is 14.2 Å². The number of hydrogen-bond acceptors (Lipinski definition) is 6. The number of esters is 1. The lowest BCUT2D eigenvalue weighted by atomic mass is 9.99. The van der Waals surface area contributed by atoms with Gasteiger partial charge in [-0.2, -0.15) is 0 Å². The van der Waals surface area contributed by atoms with Gasteiger partial charge in [0.25, 0.3) is 5.91 Å². The van der Waals surface area contributed by atoms with Crippen LogP contribution in [-0.2, 0) is 33.7 Å². The van der Waals surface area contributed by atoms with Crippen molar-refractivity contribution in [1.82, 2.24) is 4.90 Å². The van der Waals surface area contributed by atoms with Gasteiger partial charge in [0.15, 0.2) is 17.6 Å². The Bertz CT molecular complexity index is 916. The quantitative estimate of drug-likeness (QED) is 0.603. The van der Waals surface area contributed by atoms with Gasteiger partial charge < -0.3 is 23.8 Å². The van der Waals surface area contributed by atoms with Crippen molar-refractivity contribution in [1.29, 1.82) is 0 Å². The summed E-state index contributed by atoms with van der Waals surface area (Å²) in [5, 5.41) is 0. The van der Waals surface area contributed by atoms with Gasteiger partial charge in [-0.15, -0.1) is 0 Å². The Morgan fingerprint density at radius 1 is 1.00 bits per heavy atom. The van der Waals surface area contributed by atoms with Gasteiger partial charge in [0, 0.05) is 19.5 Å². The Hall–Kier alpha value is -3.22. The molecule has 1 aliphatic heterocycles. The third-order valence-corrected chi connectivity index (χ3v) is 5.44. The van der Waals surface area contributed by atoms with Crippen molar-refractivity contribution < 1.29 is 28.5 Å². The zero-order valence-electron chi connectivity index (χ0n) is 18.5. The maximum absolute atomic E-state index is 12.8. The molecule has 0 saturated carbocycles. The van der Waals surface area contributed by atoms with Crippen LogP contribution in [0, 0.1) is 0 Å². The first-order chi connectivity index (χ1) is 15.0. The number of carbonyl (C=O) groups is 2. The molecular formula is C24H29NO6. The minimum atomic E-state index is -0.822. The molecule has 0 saturated heterocycles. The number of aryl methyl sites for hydroxylation is 1. The first-order valence-corrected chi connectivity index (χ1v) is 10.3. The Morgan fingerprint density at radius 2 is 1.65 bits per heavy atom. The van der Waals surface area contributed by atoms with Crippen molar-refractivity contribution in [3.05, 3.63) is 53.1 Å². The summed E-state index contributed by atoms with van der Waals surface area (Å²) in [6.45, 7) is 2.80. The van der Waals surface area contributed by atoms with E-state index in [1.807, 2.05) is 18.2 Å². The highest BCUT2D eigenvalue weighted by Crippen LogP contribution is 2.38. The molecule has 7 heteroatoms. The highest BCUT2D eigenvalue weighted by Gasteiger charge is 2.27. The van der Waals surface area contributed by atoms with Crippen molar-refractivity contribution in [3.63, 3.8) is 0 Å². The van der Waals surface area contributed by atoms with Crippen molar-refractivity contribution in [2.24, 2.45) is 0 Å². The van der Waals surface area contributed by atoms with Crippen LogP contribution in [-0.4, -0.2) is 50.8 Å². The molecule has 2 aromatic carbocycles. The standard InChI is InChI=1S/C24H29NO6/c1-16(24(27)25-12-11-18-7-5-6-8-19(18)15-25)31-22(26)10-9-17-13-20(28-2)23(30-4)21(14-17)29-3/h5-8,13-14,16H,9-12,15H2,1-4H3/t16-/m0/s1. The summed E-state index contributed by atoms with van der Waals surface area (Å²) in [5.74, 6) is 0.958. The number of benzene rings is 2. The maximum Gasteiger partial charge on any atom is 0.306 e. The molecule has 0 spiro atoms. The molecule has 0 N–H and O–H groups in total. The van der Waals surface area contributed by atoms with Crippen LogP contribution in [0.2, 0.25) is 0 Å². The number of fused-ring (bicyclic) bond motifs is 1. The summed E-state index contributed by atoms with van der Waals surface area (Å²) in [5.41, 5.74) is 3.25. The molecule has 1 heterocycles. The van der Waals surface area contributed by atoms with Crippen LogP contribution in [0.15, 0.2) is 36.4 Å². The van der Waals surface area contributed by atoms with E-state index >= 15 is 0 Å². The summed E-state index contributed by atoms with van der Waals surface area (Å²) in [6, 6.07) is 11.7. The van der Waals surface area contributed by atoms with Gasteiger partial charge in [-0.05, 0) is 48.6 Å². The predicted octanol–water partition coefficient (Wildman–Crippen LogP) is 3.16. The average molecular weight is 427 g/mol. The second-order valence-corrected chi connectivity index (χ2v) is 7.44. The Labute approximate surface area is 182 Å². The average Bonchev–Trinajstić information content (AvgIpc) is 2.80. The second kappa shape index (κ2) is 10.2. The summed E-state index contributed by atoms with van der Waals surface area (Å²) in [4.78, 5) is 26.9. The first-order valence-electron chi connectivity index (χ1n) is 10.3. The van der Waals surface area contributed by atoms with Crippen LogP contribution in [0.4, 0.5) is 0 Å². The van der Waals surface area contributed by atoms with Crippen LogP contribution >= 0.6 is 0 Å². The number of amides is 1. The predicted molar refractivity (Wildman–Crippen MR) is 116 cm³/mol. The molecule has 0 unspecified atom stereocenters. The topological polar surface area (TPSA) is 74.3 Å². The Kier molecular flexibility index (Phi) is 7.39. The van der Waals surface area contributed by atoms with E-state index in [1.165, 1.54) is 12.7 Å². The van der Waals surface area contributed by atoms with E-state index in [9.17, 15) is 9.59 Å². The van der Waals surface area contributed by atoms with Crippen LogP contribution in [0.1, 0.15) is 30.0 Å². The van der Waals surface area contributed by atoms with Crippen LogP contribution in [0.3, 0.4) is 0 Å². The summed E-state index contributed by atoms with van der Waals surface area (Å²) in [7, 11) is 4.62. The summed E-state index contributed by atoms with van der Waals surface area (Å²) < 4.78 is 21.4. The van der Waals surface area contributed by atoms with E-state index in [0.717, 1.165) is 17.5 Å². The monoisotopic (exact) mass is 427 g/mol. The first kappa shape index (κ1) is 22.5. The van der Waals surface area contributed by atoms with Gasteiger partial charge in [-0.3, -0.25) is 9.59 Å². The fourth-order valence-corrected chi connectivity index (χ4v) is 3.77. The molecule has 1 aliphatic rings. The Morgan fingerprint density at radius 3 is 2.26 bits per heavy atom. The molecule has 1 atom stereocenters. The molecule has 1 amide bonds. The molecule has 166 valence electrons. The summed E-state index contributed by atoms with van der Waals surface area (Å²) >= 11 is 0. The largest absolute Gasteiger partial charge is 0.493 e. The molecule has 0 bridgehead atoms. The van der Waals surface area contributed by atoms with Gasteiger partial charge in [-0.25, -0.2) is 0 Å². The fraction of sp³-hybridized carbons (Fsp3) is 0.417. The van der Waals surface area contributed by atoms with Crippen LogP contribution in [0.5, 0.6) is 17.2 Å². The zero-order chi connectivity index (χ0) is 22.4. The maximum atomic E-state index is 12.8. The Balaban J connectivity index is 1.55. The van der Waals surface area contributed by atoms with Crippen molar-refractivity contribution >= 4 is 11.9 Å². The number of rotatable bonds is 8. The third-order valence-electron chi connectivity index (χ3n) is 5.44. The molecule has 2 aromatic rings. The molecule has 0 aromatic heterocycles. The third kappa shape index (κ3) is 5.29. The van der Waals surface area contributed by atoms with Crippen molar-refractivity contribution in [2.75, 3.05) is 27.9 Å².